The maximum Gasteiger partial charge on any atom is 0.275 e. The second kappa shape index (κ2) is 5.82. The van der Waals surface area contributed by atoms with Crippen molar-refractivity contribution < 1.29 is 17.3 Å². The molecule has 0 aliphatic carbocycles. The van der Waals surface area contributed by atoms with Crippen LogP contribution in [0, 0.1) is 0 Å². The zero-order valence-corrected chi connectivity index (χ0v) is 12.5. The van der Waals surface area contributed by atoms with Crippen molar-refractivity contribution in [2.24, 2.45) is 0 Å². The Bertz CT molecular complexity index is 644. The second-order valence-corrected chi connectivity index (χ2v) is 6.71. The van der Waals surface area contributed by atoms with E-state index < -0.39 is 10.0 Å². The van der Waals surface area contributed by atoms with Crippen LogP contribution in [0.25, 0.3) is 0 Å². The molecule has 0 spiro atoms. The zero-order valence-electron chi connectivity index (χ0n) is 11.7. The monoisotopic (exact) mass is 298 g/mol. The fourth-order valence-electron chi connectivity index (χ4n) is 1.66. The molecular formula is C13H18N2O4S. The van der Waals surface area contributed by atoms with Gasteiger partial charge in [0.2, 0.25) is 5.09 Å². The van der Waals surface area contributed by atoms with Gasteiger partial charge in [-0.1, -0.05) is 0 Å². The van der Waals surface area contributed by atoms with Crippen LogP contribution in [0.15, 0.2) is 44.5 Å². The highest BCUT2D eigenvalue weighted by atomic mass is 32.2. The Hall–Kier alpha value is -1.57. The third-order valence-electron chi connectivity index (χ3n) is 2.92. The minimum Gasteiger partial charge on any atom is -0.468 e. The van der Waals surface area contributed by atoms with Crippen molar-refractivity contribution in [3.05, 3.63) is 42.0 Å². The Balaban J connectivity index is 2.00. The predicted octanol–water partition coefficient (Wildman–Crippen LogP) is 1.97. The van der Waals surface area contributed by atoms with Crippen molar-refractivity contribution in [2.75, 3.05) is 14.1 Å². The molecule has 110 valence electrons. The van der Waals surface area contributed by atoms with E-state index in [9.17, 15) is 8.42 Å². The first-order valence-electron chi connectivity index (χ1n) is 6.19. The van der Waals surface area contributed by atoms with Crippen LogP contribution in [0.1, 0.15) is 24.5 Å². The molecule has 0 saturated heterocycles. The summed E-state index contributed by atoms with van der Waals surface area (Å²) >= 11 is 0. The molecule has 0 fully saturated rings. The van der Waals surface area contributed by atoms with Crippen molar-refractivity contribution in [2.45, 2.75) is 24.6 Å². The van der Waals surface area contributed by atoms with Crippen LogP contribution < -0.4 is 5.32 Å². The predicted molar refractivity (Wildman–Crippen MR) is 73.5 cm³/mol. The van der Waals surface area contributed by atoms with E-state index in [0.717, 1.165) is 10.1 Å². The maximum absolute atomic E-state index is 11.9. The first-order valence-corrected chi connectivity index (χ1v) is 7.63. The van der Waals surface area contributed by atoms with Gasteiger partial charge < -0.3 is 14.2 Å². The summed E-state index contributed by atoms with van der Waals surface area (Å²) in [6.07, 6.45) is 1.61. The van der Waals surface area contributed by atoms with Crippen LogP contribution in [0.2, 0.25) is 0 Å². The van der Waals surface area contributed by atoms with Gasteiger partial charge in [0.1, 0.15) is 11.5 Å². The minimum atomic E-state index is -3.52. The first-order chi connectivity index (χ1) is 9.41. The third-order valence-corrected chi connectivity index (χ3v) is 4.61. The lowest BCUT2D eigenvalue weighted by Gasteiger charge is -2.10. The minimum absolute atomic E-state index is 0.0176. The normalized spacial score (nSPS) is 13.8. The van der Waals surface area contributed by atoms with Crippen LogP contribution in [0.4, 0.5) is 0 Å². The summed E-state index contributed by atoms with van der Waals surface area (Å²) in [4.78, 5) is 0. The average Bonchev–Trinajstić information content (AvgIpc) is 3.07. The van der Waals surface area contributed by atoms with Gasteiger partial charge in [-0.3, -0.25) is 0 Å². The van der Waals surface area contributed by atoms with Crippen molar-refractivity contribution in [3.63, 3.8) is 0 Å². The Labute approximate surface area is 118 Å². The van der Waals surface area contributed by atoms with Crippen LogP contribution in [-0.2, 0) is 16.6 Å². The van der Waals surface area contributed by atoms with Crippen molar-refractivity contribution in [1.29, 1.82) is 0 Å². The van der Waals surface area contributed by atoms with Gasteiger partial charge >= 0.3 is 0 Å². The second-order valence-electron chi connectivity index (χ2n) is 4.63. The summed E-state index contributed by atoms with van der Waals surface area (Å²) in [5.41, 5.74) is 0. The fraction of sp³-hybridized carbons (Fsp3) is 0.385. The van der Waals surface area contributed by atoms with E-state index in [0.29, 0.717) is 12.3 Å². The first kappa shape index (κ1) is 14.8. The van der Waals surface area contributed by atoms with Crippen LogP contribution in [-0.4, -0.2) is 26.8 Å². The summed E-state index contributed by atoms with van der Waals surface area (Å²) < 4.78 is 35.5. The maximum atomic E-state index is 11.9. The van der Waals surface area contributed by atoms with Crippen molar-refractivity contribution >= 4 is 10.0 Å². The lowest BCUT2D eigenvalue weighted by molar-refractivity contribution is 0.369. The molecule has 0 aliphatic heterocycles. The topological polar surface area (TPSA) is 75.7 Å². The Morgan fingerprint density at radius 3 is 2.65 bits per heavy atom. The van der Waals surface area contributed by atoms with Gasteiger partial charge in [-0.2, -0.15) is 0 Å². The smallest absolute Gasteiger partial charge is 0.275 e. The third kappa shape index (κ3) is 3.12. The number of hydrogen-bond acceptors (Lipinski definition) is 5. The number of nitrogens with one attached hydrogen (secondary N) is 1. The lowest BCUT2D eigenvalue weighted by Crippen LogP contribution is -2.21. The SMILES string of the molecule is C[C@H](NCc1ccc(S(=O)(=O)N(C)C)o1)c1ccco1. The highest BCUT2D eigenvalue weighted by Gasteiger charge is 2.21. The summed E-state index contributed by atoms with van der Waals surface area (Å²) in [6, 6.07) is 6.83. The zero-order chi connectivity index (χ0) is 14.8. The molecule has 2 heterocycles. The molecule has 0 radical (unpaired) electrons. The number of nitrogens with zero attached hydrogens (tertiary/aromatic N) is 1. The Morgan fingerprint density at radius 2 is 2.05 bits per heavy atom. The average molecular weight is 298 g/mol. The fourth-order valence-corrected chi connectivity index (χ4v) is 2.48. The van der Waals surface area contributed by atoms with E-state index in [2.05, 4.69) is 5.32 Å². The van der Waals surface area contributed by atoms with Gasteiger partial charge in [-0.05, 0) is 31.2 Å². The van der Waals surface area contributed by atoms with Crippen molar-refractivity contribution in [1.82, 2.24) is 9.62 Å². The quantitative estimate of drug-likeness (QED) is 0.882. The molecule has 2 aromatic rings. The van der Waals surface area contributed by atoms with Crippen LogP contribution >= 0.6 is 0 Å². The highest BCUT2D eigenvalue weighted by Crippen LogP contribution is 2.18. The summed E-state index contributed by atoms with van der Waals surface area (Å²) in [5.74, 6) is 1.38. The highest BCUT2D eigenvalue weighted by molar-refractivity contribution is 7.88. The number of rotatable bonds is 6. The number of hydrogen-bond donors (Lipinski definition) is 1. The molecule has 7 heteroatoms. The lowest BCUT2D eigenvalue weighted by atomic mass is 10.2. The molecule has 2 rings (SSSR count). The van der Waals surface area contributed by atoms with Gasteiger partial charge in [0.15, 0.2) is 0 Å². The molecule has 0 aliphatic rings. The summed E-state index contributed by atoms with van der Waals surface area (Å²) in [5, 5.41) is 3.15. The van der Waals surface area contributed by atoms with E-state index in [1.807, 2.05) is 19.1 Å². The number of sulfonamides is 1. The molecule has 6 nitrogen and oxygen atoms in total. The molecule has 0 aromatic carbocycles. The van der Waals surface area contributed by atoms with E-state index in [4.69, 9.17) is 8.83 Å². The molecule has 2 aromatic heterocycles. The Morgan fingerprint density at radius 1 is 1.30 bits per heavy atom. The van der Waals surface area contributed by atoms with Gasteiger partial charge in [-0.15, -0.1) is 0 Å². The molecule has 0 saturated carbocycles. The van der Waals surface area contributed by atoms with Gasteiger partial charge in [-0.25, -0.2) is 12.7 Å². The molecule has 1 atom stereocenters. The molecule has 0 unspecified atom stereocenters. The van der Waals surface area contributed by atoms with Crippen molar-refractivity contribution in [3.8, 4) is 0 Å². The van der Waals surface area contributed by atoms with E-state index in [1.165, 1.54) is 20.2 Å². The van der Waals surface area contributed by atoms with E-state index in [-0.39, 0.29) is 11.1 Å². The summed E-state index contributed by atoms with van der Waals surface area (Å²) in [7, 11) is -0.583. The molecule has 0 amide bonds. The Kier molecular flexibility index (Phi) is 4.32. The number of furan rings is 2. The molecule has 0 bridgehead atoms. The molecule has 1 N–H and O–H groups in total. The van der Waals surface area contributed by atoms with E-state index >= 15 is 0 Å². The van der Waals surface area contributed by atoms with Crippen LogP contribution in [0.3, 0.4) is 0 Å². The van der Waals surface area contributed by atoms with Gasteiger partial charge in [0.25, 0.3) is 10.0 Å². The summed E-state index contributed by atoms with van der Waals surface area (Å²) in [6.45, 7) is 2.38. The van der Waals surface area contributed by atoms with Gasteiger partial charge in [0, 0.05) is 14.1 Å². The van der Waals surface area contributed by atoms with Crippen LogP contribution in [0.5, 0.6) is 0 Å². The molecular weight excluding hydrogens is 280 g/mol. The largest absolute Gasteiger partial charge is 0.468 e. The van der Waals surface area contributed by atoms with Gasteiger partial charge in [0.05, 0.1) is 18.8 Å². The standard InChI is InChI=1S/C13H18N2O4S/c1-10(12-5-4-8-18-12)14-9-11-6-7-13(19-11)20(16,17)15(2)3/h4-8,10,14H,9H2,1-3H3/t10-/m0/s1. The van der Waals surface area contributed by atoms with E-state index in [1.54, 1.807) is 12.3 Å². The molecule has 20 heavy (non-hydrogen) atoms.